The molecule has 9 heteroatoms. The van der Waals surface area contributed by atoms with Gasteiger partial charge in [-0.1, -0.05) is 0 Å². The Morgan fingerprint density at radius 2 is 0.412 bits per heavy atom. The smallest absolute Gasteiger partial charge is 0.358 e. The molecule has 0 fully saturated rings. The largest absolute Gasteiger partial charge is 2.00 e. The standard InChI is InChI=1S/6CO.2CH3.2Mn.Y/c6*1-2;;;;;/h;;;;;;2*1H3;;;/q;;;;;;2*-1;;+2;. The van der Waals surface area contributed by atoms with E-state index in [1.807, 2.05) is 0 Å². The van der Waals surface area contributed by atoms with E-state index in [9.17, 15) is 0 Å². The molecule has 6 nitrogen and oxygen atoms in total. The number of rotatable bonds is 0. The summed E-state index contributed by atoms with van der Waals surface area (Å²) in [4.78, 5) is 0. The molecule has 0 aliphatic heterocycles. The Balaban J connectivity index is -0.00000000267. The molecule has 0 atom stereocenters. The van der Waals surface area contributed by atoms with Gasteiger partial charge in [-0.05, 0) is 0 Å². The summed E-state index contributed by atoms with van der Waals surface area (Å²) in [6.07, 6.45) is 0. The van der Waals surface area contributed by atoms with Gasteiger partial charge in [0.05, 0.1) is 0 Å². The van der Waals surface area contributed by atoms with Crippen LogP contribution in [0, 0.1) is 54.8 Å². The van der Waals surface area contributed by atoms with Crippen molar-refractivity contribution in [2.75, 3.05) is 0 Å². The average molecular weight is 397 g/mol. The van der Waals surface area contributed by atoms with Crippen LogP contribution < -0.4 is 0 Å². The Morgan fingerprint density at radius 3 is 0.412 bits per heavy atom. The van der Waals surface area contributed by atoms with Gasteiger partial charge in [-0.25, -0.2) is 0 Å². The van der Waals surface area contributed by atoms with Crippen LogP contribution in [0.3, 0.4) is 0 Å². The van der Waals surface area contributed by atoms with Crippen LogP contribution in [0.1, 0.15) is 0 Å². The second-order valence-electron chi connectivity index (χ2n) is 0. The summed E-state index contributed by atoms with van der Waals surface area (Å²) in [6, 6.07) is 0. The van der Waals surface area contributed by atoms with E-state index >= 15 is 0 Å². The molecule has 0 aliphatic carbocycles. The fourth-order valence-corrected chi connectivity index (χ4v) is 0. The molecule has 0 amide bonds. The van der Waals surface area contributed by atoms with E-state index < -0.39 is 0 Å². The van der Waals surface area contributed by atoms with Gasteiger partial charge in [0.1, 0.15) is 0 Å². The second-order valence-corrected chi connectivity index (χ2v) is 0. The summed E-state index contributed by atoms with van der Waals surface area (Å²) < 4.78 is 45.0. The van der Waals surface area contributed by atoms with Crippen LogP contribution in [0.15, 0.2) is 0 Å². The SMILES string of the molecule is [C-]#[O+].[C-]#[O+].[C-]#[O+].[C-]#[O+].[C-]#[O+].[C-]#[O+].[CH3-].[CH3-].[Mn+2].[Mn].[Y]. The van der Waals surface area contributed by atoms with Gasteiger partial charge in [0.2, 0.25) is 0 Å². The van der Waals surface area contributed by atoms with Gasteiger partial charge in [0.25, 0.3) is 0 Å². The van der Waals surface area contributed by atoms with E-state index in [0.29, 0.717) is 0 Å². The molecule has 3 radical (unpaired) electrons. The van der Waals surface area contributed by atoms with Crippen molar-refractivity contribution in [1.29, 1.82) is 0 Å². The topological polar surface area (TPSA) is 119 Å². The minimum absolute atomic E-state index is 0. The molecule has 0 bridgehead atoms. The second kappa shape index (κ2) is 11900. The average Bonchev–Trinajstić information content (AvgIpc) is 2.33. The van der Waals surface area contributed by atoms with Gasteiger partial charge in [-0.15, -0.1) is 0 Å². The Hall–Kier alpha value is 0.583. The molecule has 91 valence electrons. The third-order valence-corrected chi connectivity index (χ3v) is 0. The summed E-state index contributed by atoms with van der Waals surface area (Å²) in [6.45, 7) is 27.0. The molecule has 0 aromatic heterocycles. The van der Waals surface area contributed by atoms with Gasteiger partial charge in [0.15, 0.2) is 0 Å². The molecule has 0 heterocycles. The minimum atomic E-state index is 0. The molecule has 0 saturated carbocycles. The normalized spacial score (nSPS) is 0.706. The first kappa shape index (κ1) is 112. The third-order valence-electron chi connectivity index (χ3n) is 0. The first-order chi connectivity index (χ1) is 6.00. The predicted octanol–water partition coefficient (Wildman–Crippen LogP) is 0.668. The van der Waals surface area contributed by atoms with Crippen LogP contribution in [0.5, 0.6) is 0 Å². The first-order valence-corrected chi connectivity index (χ1v) is 1.22. The van der Waals surface area contributed by atoms with E-state index in [0.717, 1.165) is 0 Å². The molecule has 0 spiro atoms. The van der Waals surface area contributed by atoms with Crippen LogP contribution in [0.2, 0.25) is 0 Å². The van der Waals surface area contributed by atoms with Gasteiger partial charge >= 0.3 is 84.9 Å². The fourth-order valence-electron chi connectivity index (χ4n) is 0. The van der Waals surface area contributed by atoms with Crippen molar-refractivity contribution in [3.8, 4) is 0 Å². The van der Waals surface area contributed by atoms with E-state index in [1.165, 1.54) is 0 Å². The maximum atomic E-state index is 7.50. The summed E-state index contributed by atoms with van der Waals surface area (Å²) in [5.41, 5.74) is 0. The van der Waals surface area contributed by atoms with Crippen LogP contribution >= 0.6 is 0 Å². The van der Waals surface area contributed by atoms with Crippen molar-refractivity contribution >= 4 is 0 Å². The van der Waals surface area contributed by atoms with Gasteiger partial charge < -0.3 is 14.9 Å². The van der Waals surface area contributed by atoms with E-state index in [4.69, 9.17) is 27.9 Å². The molecule has 0 aromatic carbocycles. The number of hydrogen-bond acceptors (Lipinski definition) is 0. The van der Waals surface area contributed by atoms with Gasteiger partial charge in [-0.3, -0.25) is 0 Å². The first-order valence-electron chi connectivity index (χ1n) is 1.22. The minimum Gasteiger partial charge on any atom is -0.358 e. The summed E-state index contributed by atoms with van der Waals surface area (Å²) in [5, 5.41) is 0. The maximum Gasteiger partial charge on any atom is 2.00 e. The predicted molar refractivity (Wildman–Crippen MR) is 36.4 cm³/mol. The Kier molecular flexibility index (Phi) is 77800. The Labute approximate surface area is 148 Å². The van der Waals surface area contributed by atoms with E-state index in [2.05, 4.69) is 39.9 Å². The monoisotopic (exact) mass is 397 g/mol. The molecule has 0 aromatic rings. The fraction of sp³-hybridized carbons (Fsp3) is 0. The van der Waals surface area contributed by atoms with Crippen molar-refractivity contribution < 1.29 is 94.8 Å². The molecule has 0 unspecified atom stereocenters. The van der Waals surface area contributed by atoms with Crippen LogP contribution in [-0.2, 0) is 94.8 Å². The van der Waals surface area contributed by atoms with E-state index in [1.54, 1.807) is 0 Å². The molecular formula is C8H6Mn2O6Y. The van der Waals surface area contributed by atoms with Crippen molar-refractivity contribution in [2.45, 2.75) is 0 Å². The quantitative estimate of drug-likeness (QED) is 0.325. The molecule has 0 N–H and O–H groups in total. The maximum absolute atomic E-state index is 7.50. The molecular weight excluding hydrogens is 391 g/mol. The van der Waals surface area contributed by atoms with Crippen molar-refractivity contribution in [3.05, 3.63) is 54.8 Å². The van der Waals surface area contributed by atoms with Gasteiger partial charge in [0, 0.05) is 49.8 Å². The van der Waals surface area contributed by atoms with Crippen LogP contribution in [0.4, 0.5) is 0 Å². The van der Waals surface area contributed by atoms with Crippen LogP contribution in [0.25, 0.3) is 0 Å². The molecule has 0 aliphatic rings. The zero-order valence-electron chi connectivity index (χ0n) is 8.78. The van der Waals surface area contributed by atoms with Crippen molar-refractivity contribution in [3.63, 3.8) is 0 Å². The molecule has 17 heavy (non-hydrogen) atoms. The van der Waals surface area contributed by atoms with Crippen molar-refractivity contribution in [1.82, 2.24) is 0 Å². The van der Waals surface area contributed by atoms with Gasteiger partial charge in [-0.2, -0.15) is 0 Å². The Morgan fingerprint density at radius 1 is 0.412 bits per heavy atom. The third kappa shape index (κ3) is 10400. The van der Waals surface area contributed by atoms with Crippen LogP contribution in [-0.4, -0.2) is 0 Å². The Bertz CT molecular complexity index is 103. The van der Waals surface area contributed by atoms with E-state index in [-0.39, 0.29) is 81.7 Å². The summed E-state index contributed by atoms with van der Waals surface area (Å²) >= 11 is 0. The zero-order chi connectivity index (χ0) is 12.0. The zero-order valence-corrected chi connectivity index (χ0v) is 14.0. The van der Waals surface area contributed by atoms with Crippen molar-refractivity contribution in [2.24, 2.45) is 0 Å². The molecule has 0 saturated heterocycles. The summed E-state index contributed by atoms with van der Waals surface area (Å²) in [7, 11) is 0. The summed E-state index contributed by atoms with van der Waals surface area (Å²) in [5.74, 6) is 0. The molecule has 0 rings (SSSR count). The number of hydrogen-bond donors (Lipinski definition) is 0.